The highest BCUT2D eigenvalue weighted by Gasteiger charge is 2.18. The number of nitrogens with zero attached hydrogens (tertiary/aromatic N) is 3. The van der Waals surface area contributed by atoms with Crippen molar-refractivity contribution in [2.24, 2.45) is 5.10 Å². The van der Waals surface area contributed by atoms with Gasteiger partial charge in [-0.1, -0.05) is 30.3 Å². The van der Waals surface area contributed by atoms with Crippen LogP contribution in [0.5, 0.6) is 11.5 Å². The van der Waals surface area contributed by atoms with E-state index in [0.29, 0.717) is 53.8 Å². The molecule has 0 saturated carbocycles. The fourth-order valence-corrected chi connectivity index (χ4v) is 6.03. The molecule has 6 aromatic rings. The zero-order valence-corrected chi connectivity index (χ0v) is 25.6. The number of ether oxygens (including phenoxy) is 2. The van der Waals surface area contributed by atoms with Gasteiger partial charge in [-0.3, -0.25) is 4.79 Å². The fraction of sp³-hybridized carbons (Fsp3) is 0.0625. The van der Waals surface area contributed by atoms with Crippen molar-refractivity contribution in [2.45, 2.75) is 6.61 Å². The first-order valence-electron chi connectivity index (χ1n) is 12.9. The predicted molar refractivity (Wildman–Crippen MR) is 170 cm³/mol. The van der Waals surface area contributed by atoms with Crippen molar-refractivity contribution in [3.63, 3.8) is 0 Å². The summed E-state index contributed by atoms with van der Waals surface area (Å²) in [5.41, 5.74) is 2.31. The third-order valence-electron chi connectivity index (χ3n) is 6.62. The Labute approximate surface area is 261 Å². The number of carboxylic acids is 1. The topological polar surface area (TPSA) is 116 Å². The Morgan fingerprint density at radius 3 is 2.53 bits per heavy atom. The van der Waals surface area contributed by atoms with Crippen molar-refractivity contribution in [1.29, 1.82) is 0 Å². The second-order valence-electron chi connectivity index (χ2n) is 9.40. The molecule has 6 rings (SSSR count). The number of carbonyl (C=O) groups is 1. The molecular weight excluding hydrogens is 682 g/mol. The van der Waals surface area contributed by atoms with Gasteiger partial charge in [-0.15, -0.1) is 0 Å². The van der Waals surface area contributed by atoms with Crippen LogP contribution in [-0.2, 0) is 6.61 Å². The maximum Gasteiger partial charge on any atom is 0.335 e. The number of hydrogen-bond donors (Lipinski definition) is 1. The lowest BCUT2D eigenvalue weighted by Gasteiger charge is -2.12. The molecule has 0 amide bonds. The van der Waals surface area contributed by atoms with Crippen molar-refractivity contribution in [3.05, 3.63) is 121 Å². The van der Waals surface area contributed by atoms with E-state index in [-0.39, 0.29) is 23.6 Å². The minimum Gasteiger partial charge on any atom is -0.496 e. The Morgan fingerprint density at radius 2 is 1.77 bits per heavy atom. The van der Waals surface area contributed by atoms with E-state index in [0.717, 1.165) is 5.39 Å². The van der Waals surface area contributed by atoms with Gasteiger partial charge in [0, 0.05) is 0 Å². The number of halogens is 2. The normalized spacial score (nSPS) is 11.4. The maximum atomic E-state index is 13.6. The van der Waals surface area contributed by atoms with Crippen LogP contribution >= 0.6 is 31.9 Å². The molecule has 0 bridgehead atoms. The number of para-hydroxylation sites is 1. The molecule has 1 N–H and O–H groups in total. The summed E-state index contributed by atoms with van der Waals surface area (Å²) in [6, 6.07) is 24.4. The first-order valence-corrected chi connectivity index (χ1v) is 14.5. The fourth-order valence-electron chi connectivity index (χ4n) is 4.58. The number of aromatic nitrogens is 2. The van der Waals surface area contributed by atoms with Gasteiger partial charge in [0.05, 0.1) is 44.1 Å². The van der Waals surface area contributed by atoms with Gasteiger partial charge in [0.15, 0.2) is 5.76 Å². The third kappa shape index (κ3) is 5.69. The monoisotopic (exact) mass is 701 g/mol. The van der Waals surface area contributed by atoms with Crippen LogP contribution in [0.25, 0.3) is 33.5 Å². The van der Waals surface area contributed by atoms with Gasteiger partial charge in [0.2, 0.25) is 5.82 Å². The van der Waals surface area contributed by atoms with E-state index in [1.54, 1.807) is 67.9 Å². The minimum atomic E-state index is -1.00. The smallest absolute Gasteiger partial charge is 0.335 e. The van der Waals surface area contributed by atoms with Crippen LogP contribution in [0.2, 0.25) is 0 Å². The summed E-state index contributed by atoms with van der Waals surface area (Å²) in [5.74, 6) is 0.755. The highest BCUT2D eigenvalue weighted by atomic mass is 79.9. The molecule has 9 nitrogen and oxygen atoms in total. The summed E-state index contributed by atoms with van der Waals surface area (Å²) in [5, 5.41) is 14.9. The van der Waals surface area contributed by atoms with Crippen molar-refractivity contribution < 1.29 is 23.8 Å². The van der Waals surface area contributed by atoms with Crippen molar-refractivity contribution in [2.75, 3.05) is 7.11 Å². The summed E-state index contributed by atoms with van der Waals surface area (Å²) in [6.07, 6.45) is 1.54. The summed E-state index contributed by atoms with van der Waals surface area (Å²) in [4.78, 5) is 29.6. The molecule has 0 saturated heterocycles. The molecule has 43 heavy (non-hydrogen) atoms. The first kappa shape index (κ1) is 28.4. The van der Waals surface area contributed by atoms with E-state index in [2.05, 4.69) is 37.0 Å². The molecule has 0 aliphatic carbocycles. The highest BCUT2D eigenvalue weighted by Crippen LogP contribution is 2.36. The number of aromatic carboxylic acids is 1. The second-order valence-corrected chi connectivity index (χ2v) is 11.1. The summed E-state index contributed by atoms with van der Waals surface area (Å²) in [6.45, 7) is 0.162. The van der Waals surface area contributed by atoms with Gasteiger partial charge in [-0.2, -0.15) is 9.78 Å². The molecule has 0 aliphatic heterocycles. The average Bonchev–Trinajstić information content (AvgIpc) is 3.45. The van der Waals surface area contributed by atoms with Gasteiger partial charge in [-0.25, -0.2) is 9.78 Å². The molecule has 0 radical (unpaired) electrons. The van der Waals surface area contributed by atoms with E-state index >= 15 is 0 Å². The van der Waals surface area contributed by atoms with Crippen molar-refractivity contribution in [1.82, 2.24) is 9.66 Å². The van der Waals surface area contributed by atoms with Crippen LogP contribution in [0.15, 0.2) is 108 Å². The van der Waals surface area contributed by atoms with Crippen LogP contribution in [0.4, 0.5) is 0 Å². The minimum absolute atomic E-state index is 0.162. The average molecular weight is 703 g/mol. The lowest BCUT2D eigenvalue weighted by Crippen LogP contribution is -2.20. The number of rotatable bonds is 8. The third-order valence-corrected chi connectivity index (χ3v) is 7.79. The van der Waals surface area contributed by atoms with Gasteiger partial charge >= 0.3 is 5.97 Å². The standard InChI is InChI=1S/C32H21Br2N3O6/c1-41-26-10-5-11-27-22(26)15-28(43-27)30-36-25-9-3-2-8-21(25)31(38)37(30)35-16-19-13-23(33)29(24(34)14-19)42-17-18-6-4-7-20(12-18)32(39)40/h2-16H,17H2,1H3,(H,39,40). The maximum absolute atomic E-state index is 13.6. The first-order chi connectivity index (χ1) is 20.8. The quantitative estimate of drug-likeness (QED) is 0.163. The van der Waals surface area contributed by atoms with Gasteiger partial charge < -0.3 is 19.0 Å². The molecule has 0 fully saturated rings. The SMILES string of the molecule is COc1cccc2oc(-c3nc4ccccc4c(=O)n3N=Cc3cc(Br)c(OCc4cccc(C(=O)O)c4)c(Br)c3)cc12. The zero-order valence-electron chi connectivity index (χ0n) is 22.5. The highest BCUT2D eigenvalue weighted by molar-refractivity contribution is 9.11. The Morgan fingerprint density at radius 1 is 1.00 bits per heavy atom. The molecule has 11 heteroatoms. The molecule has 0 aliphatic rings. The zero-order chi connectivity index (χ0) is 30.1. The number of fused-ring (bicyclic) bond motifs is 2. The van der Waals surface area contributed by atoms with E-state index in [9.17, 15) is 14.7 Å². The summed E-state index contributed by atoms with van der Waals surface area (Å²) >= 11 is 7.10. The van der Waals surface area contributed by atoms with E-state index in [4.69, 9.17) is 18.9 Å². The summed E-state index contributed by atoms with van der Waals surface area (Å²) < 4.78 is 20.0. The van der Waals surface area contributed by atoms with Crippen LogP contribution in [0.1, 0.15) is 21.5 Å². The molecule has 0 atom stereocenters. The number of furan rings is 1. The number of carboxylic acid groups (broad SMARTS) is 1. The largest absolute Gasteiger partial charge is 0.496 e. The Balaban J connectivity index is 1.36. The van der Waals surface area contributed by atoms with Crippen molar-refractivity contribution >= 4 is 65.9 Å². The Kier molecular flexibility index (Phi) is 7.83. The lowest BCUT2D eigenvalue weighted by molar-refractivity contribution is 0.0696. The molecule has 214 valence electrons. The van der Waals surface area contributed by atoms with Gasteiger partial charge in [-0.05, 0) is 97.6 Å². The predicted octanol–water partition coefficient (Wildman–Crippen LogP) is 7.50. The Hall–Kier alpha value is -4.74. The molecule has 4 aromatic carbocycles. The lowest BCUT2D eigenvalue weighted by atomic mass is 10.1. The number of benzene rings is 4. The van der Waals surface area contributed by atoms with E-state index in [1.165, 1.54) is 10.7 Å². The Bertz CT molecular complexity index is 2100. The van der Waals surface area contributed by atoms with Gasteiger partial charge in [0.1, 0.15) is 23.7 Å². The van der Waals surface area contributed by atoms with Crippen LogP contribution in [0.3, 0.4) is 0 Å². The molecule has 2 heterocycles. The van der Waals surface area contributed by atoms with E-state index < -0.39 is 5.97 Å². The summed E-state index contributed by atoms with van der Waals surface area (Å²) in [7, 11) is 1.58. The number of methoxy groups -OCH3 is 1. The molecular formula is C32H21Br2N3O6. The van der Waals surface area contributed by atoms with Crippen LogP contribution < -0.4 is 15.0 Å². The molecule has 2 aromatic heterocycles. The van der Waals surface area contributed by atoms with E-state index in [1.807, 2.05) is 24.3 Å². The van der Waals surface area contributed by atoms with Crippen LogP contribution in [0, 0.1) is 0 Å². The second kappa shape index (κ2) is 11.9. The molecule has 0 unspecified atom stereocenters. The van der Waals surface area contributed by atoms with Gasteiger partial charge in [0.25, 0.3) is 5.56 Å². The van der Waals surface area contributed by atoms with Crippen LogP contribution in [-0.4, -0.2) is 34.1 Å². The number of hydrogen-bond acceptors (Lipinski definition) is 7. The molecule has 0 spiro atoms. The van der Waals surface area contributed by atoms with Crippen molar-refractivity contribution in [3.8, 4) is 23.1 Å².